The third-order valence-electron chi connectivity index (χ3n) is 1.41. The molecule has 0 aliphatic rings. The summed E-state index contributed by atoms with van der Waals surface area (Å²) in [5, 5.41) is 9.29. The van der Waals surface area contributed by atoms with Crippen LogP contribution in [0.2, 0.25) is 5.02 Å². The Kier molecular flexibility index (Phi) is 5.61. The molecule has 7 heteroatoms. The third-order valence-corrected chi connectivity index (χ3v) is 2.46. The minimum atomic E-state index is -4.73. The molecular weight excluding hydrogens is 239 g/mol. The molecule has 0 amide bonds. The van der Waals surface area contributed by atoms with Crippen molar-refractivity contribution in [1.82, 2.24) is 0 Å². The summed E-state index contributed by atoms with van der Waals surface area (Å²) in [6.07, 6.45) is 0. The van der Waals surface area contributed by atoms with Crippen LogP contribution in [0.25, 0.3) is 0 Å². The first-order valence-electron chi connectivity index (χ1n) is 3.29. The van der Waals surface area contributed by atoms with Gasteiger partial charge < -0.3 is 9.66 Å². The van der Waals surface area contributed by atoms with Gasteiger partial charge in [0.05, 0.1) is 0 Å². The van der Waals surface area contributed by atoms with Crippen molar-refractivity contribution < 1.29 is 47.6 Å². The molecule has 1 rings (SSSR count). The summed E-state index contributed by atoms with van der Waals surface area (Å²) in [4.78, 5) is 0. The average molecular weight is 245 g/mol. The third kappa shape index (κ3) is 3.86. The van der Waals surface area contributed by atoms with Gasteiger partial charge in [0, 0.05) is 5.02 Å². The van der Waals surface area contributed by atoms with Crippen LogP contribution >= 0.6 is 11.6 Å². The maximum absolute atomic E-state index is 10.4. The minimum absolute atomic E-state index is 0. The molecule has 0 spiro atoms. The van der Waals surface area contributed by atoms with Gasteiger partial charge >= 0.3 is 29.6 Å². The topological polar surface area (TPSA) is 77.4 Å². The molecule has 1 atom stereocenters. The summed E-state index contributed by atoms with van der Waals surface area (Å²) >= 11 is 5.53. The Balaban J connectivity index is 0.00000169. The van der Waals surface area contributed by atoms with Crippen molar-refractivity contribution in [2.45, 2.75) is 5.44 Å². The summed E-state index contributed by atoms with van der Waals surface area (Å²) in [5.74, 6) is 0. The molecule has 1 N–H and O–H groups in total. The fraction of sp³-hybridized carbons (Fsp3) is 0.143. The molecule has 0 aromatic heterocycles. The van der Waals surface area contributed by atoms with Crippen molar-refractivity contribution in [3.63, 3.8) is 0 Å². The maximum Gasteiger partial charge on any atom is 1.00 e. The van der Waals surface area contributed by atoms with Crippen molar-refractivity contribution in [2.75, 3.05) is 0 Å². The summed E-state index contributed by atoms with van der Waals surface area (Å²) in [6, 6.07) is 5.49. The second-order valence-electron chi connectivity index (χ2n) is 2.40. The standard InChI is InChI=1S/C7H7ClO4S.Na/c8-6-3-1-2-5(4-6)7(9)13(10,11)12;/h1-4,7,9H,(H,10,11,12);/q;+1/p-1. The van der Waals surface area contributed by atoms with Crippen LogP contribution in [0.5, 0.6) is 0 Å². The summed E-state index contributed by atoms with van der Waals surface area (Å²) in [7, 11) is -4.73. The molecule has 1 aromatic carbocycles. The molecule has 0 saturated carbocycles. The van der Waals surface area contributed by atoms with Crippen LogP contribution in [0.4, 0.5) is 0 Å². The van der Waals surface area contributed by atoms with E-state index in [1.807, 2.05) is 0 Å². The quantitative estimate of drug-likeness (QED) is 0.477. The van der Waals surface area contributed by atoms with E-state index in [1.165, 1.54) is 24.3 Å². The van der Waals surface area contributed by atoms with Crippen molar-refractivity contribution >= 4 is 21.7 Å². The van der Waals surface area contributed by atoms with Crippen LogP contribution in [0.15, 0.2) is 24.3 Å². The first kappa shape index (κ1) is 14.4. The molecule has 14 heavy (non-hydrogen) atoms. The van der Waals surface area contributed by atoms with E-state index >= 15 is 0 Å². The van der Waals surface area contributed by atoms with Crippen molar-refractivity contribution in [2.24, 2.45) is 0 Å². The Morgan fingerprint density at radius 3 is 2.43 bits per heavy atom. The van der Waals surface area contributed by atoms with Crippen molar-refractivity contribution in [1.29, 1.82) is 0 Å². The molecule has 72 valence electrons. The second-order valence-corrected chi connectivity index (χ2v) is 4.27. The zero-order valence-corrected chi connectivity index (χ0v) is 10.9. The Morgan fingerprint density at radius 2 is 2.00 bits per heavy atom. The van der Waals surface area contributed by atoms with Crippen LogP contribution in [-0.4, -0.2) is 18.1 Å². The first-order valence-corrected chi connectivity index (χ1v) is 5.14. The van der Waals surface area contributed by atoms with Crippen LogP contribution in [0, 0.1) is 0 Å². The van der Waals surface area contributed by atoms with E-state index in [4.69, 9.17) is 16.7 Å². The molecule has 0 radical (unpaired) electrons. The van der Waals surface area contributed by atoms with Gasteiger partial charge in [0.15, 0.2) is 5.44 Å². The molecule has 1 aromatic rings. The fourth-order valence-corrected chi connectivity index (χ4v) is 1.51. The number of rotatable bonds is 2. The van der Waals surface area contributed by atoms with Gasteiger partial charge in [-0.1, -0.05) is 23.7 Å². The van der Waals surface area contributed by atoms with Crippen molar-refractivity contribution in [3.8, 4) is 0 Å². The zero-order valence-electron chi connectivity index (χ0n) is 7.34. The SMILES string of the molecule is O=S(=O)([O-])C(O)c1cccc(Cl)c1.[Na+]. The van der Waals surface area contributed by atoms with E-state index in [1.54, 1.807) is 0 Å². The van der Waals surface area contributed by atoms with Gasteiger partial charge in [0.25, 0.3) is 0 Å². The van der Waals surface area contributed by atoms with Crippen LogP contribution in [0.1, 0.15) is 11.0 Å². The van der Waals surface area contributed by atoms with Crippen LogP contribution in [0.3, 0.4) is 0 Å². The Morgan fingerprint density at radius 1 is 1.43 bits per heavy atom. The van der Waals surface area contributed by atoms with Gasteiger partial charge in [-0.25, -0.2) is 8.42 Å². The molecule has 0 aliphatic heterocycles. The molecule has 0 saturated heterocycles. The number of benzene rings is 1. The molecule has 0 aliphatic carbocycles. The van der Waals surface area contributed by atoms with Gasteiger partial charge in [-0.15, -0.1) is 0 Å². The predicted molar refractivity (Wildman–Crippen MR) is 46.1 cm³/mol. The second kappa shape index (κ2) is 5.46. The average Bonchev–Trinajstić information content (AvgIpc) is 2.01. The monoisotopic (exact) mass is 244 g/mol. The number of halogens is 1. The predicted octanol–water partition coefficient (Wildman–Crippen LogP) is -2.12. The fourth-order valence-electron chi connectivity index (χ4n) is 0.827. The van der Waals surface area contributed by atoms with Gasteiger partial charge in [-0.3, -0.25) is 0 Å². The summed E-state index contributed by atoms with van der Waals surface area (Å²) < 4.78 is 31.2. The number of hydrogen-bond donors (Lipinski definition) is 1. The molecular formula is C7H6ClNaO4S. The number of aliphatic hydroxyl groups is 1. The molecule has 1 unspecified atom stereocenters. The zero-order chi connectivity index (χ0) is 10.1. The van der Waals surface area contributed by atoms with Crippen LogP contribution < -0.4 is 29.6 Å². The number of aliphatic hydroxyl groups excluding tert-OH is 1. The minimum Gasteiger partial charge on any atom is -0.746 e. The molecule has 4 nitrogen and oxygen atoms in total. The van der Waals surface area contributed by atoms with E-state index in [9.17, 15) is 13.0 Å². The smallest absolute Gasteiger partial charge is 0.746 e. The summed E-state index contributed by atoms with van der Waals surface area (Å²) in [5.41, 5.74) is -2.08. The summed E-state index contributed by atoms with van der Waals surface area (Å²) in [6.45, 7) is 0. The molecule has 0 bridgehead atoms. The first-order chi connectivity index (χ1) is 5.91. The van der Waals surface area contributed by atoms with E-state index in [2.05, 4.69) is 0 Å². The van der Waals surface area contributed by atoms with Crippen molar-refractivity contribution in [3.05, 3.63) is 34.9 Å². The van der Waals surface area contributed by atoms with E-state index in [0.717, 1.165) is 0 Å². The number of hydrogen-bond acceptors (Lipinski definition) is 4. The van der Waals surface area contributed by atoms with E-state index in [-0.39, 0.29) is 40.1 Å². The van der Waals surface area contributed by atoms with E-state index in [0.29, 0.717) is 0 Å². The van der Waals surface area contributed by atoms with Gasteiger partial charge in [0.1, 0.15) is 10.1 Å². The molecule has 0 heterocycles. The Hall–Kier alpha value is 0.380. The Labute approximate surface area is 109 Å². The normalized spacial score (nSPS) is 13.1. The largest absolute Gasteiger partial charge is 1.00 e. The van der Waals surface area contributed by atoms with Crippen LogP contribution in [-0.2, 0) is 10.1 Å². The van der Waals surface area contributed by atoms with Gasteiger partial charge in [0.2, 0.25) is 0 Å². The van der Waals surface area contributed by atoms with Gasteiger partial charge in [-0.2, -0.15) is 0 Å². The Bertz CT molecular complexity index is 406. The maximum atomic E-state index is 10.4. The molecule has 0 fully saturated rings. The van der Waals surface area contributed by atoms with Gasteiger partial charge in [-0.05, 0) is 17.7 Å². The van der Waals surface area contributed by atoms with E-state index < -0.39 is 15.6 Å².